The Morgan fingerprint density at radius 3 is 2.28 bits per heavy atom. The first-order valence-corrected chi connectivity index (χ1v) is 4.98. The van der Waals surface area contributed by atoms with Gasteiger partial charge in [-0.1, -0.05) is 6.07 Å². The van der Waals surface area contributed by atoms with Crippen LogP contribution in [0.25, 0.3) is 0 Å². The van der Waals surface area contributed by atoms with Gasteiger partial charge in [-0.05, 0) is 31.8 Å². The van der Waals surface area contributed by atoms with Crippen molar-refractivity contribution in [2.24, 2.45) is 5.73 Å². The summed E-state index contributed by atoms with van der Waals surface area (Å²) < 4.78 is 50.4. The molecule has 0 aromatic heterocycles. The zero-order chi connectivity index (χ0) is 13.2. The molecule has 0 aliphatic carbocycles. The molecule has 0 unspecified atom stereocenters. The monoisotopic (exact) mass is 286 g/mol. The van der Waals surface area contributed by atoms with Gasteiger partial charge >= 0.3 is 6.18 Å². The third-order valence-electron chi connectivity index (χ3n) is 2.29. The zero-order valence-electron chi connectivity index (χ0n) is 9.96. The molecular formula is C11H15ClF4N2. The molecule has 2 N–H and O–H groups in total. The summed E-state index contributed by atoms with van der Waals surface area (Å²) in [7, 11) is 3.52. The highest BCUT2D eigenvalue weighted by Crippen LogP contribution is 2.32. The van der Waals surface area contributed by atoms with Gasteiger partial charge in [0.25, 0.3) is 0 Å². The second kappa shape index (κ2) is 6.36. The van der Waals surface area contributed by atoms with Crippen LogP contribution in [-0.2, 0) is 6.18 Å². The second-order valence-corrected chi connectivity index (χ2v) is 4.11. The molecule has 0 aliphatic heterocycles. The molecule has 0 bridgehead atoms. The number of nitrogens with two attached hydrogens (primary N) is 1. The summed E-state index contributed by atoms with van der Waals surface area (Å²) in [5.74, 6) is -1.28. The van der Waals surface area contributed by atoms with Crippen LogP contribution in [0.3, 0.4) is 0 Å². The van der Waals surface area contributed by atoms with E-state index in [-0.39, 0.29) is 18.0 Å². The molecule has 0 aliphatic rings. The third kappa shape index (κ3) is 4.44. The van der Waals surface area contributed by atoms with E-state index in [1.165, 1.54) is 6.07 Å². The van der Waals surface area contributed by atoms with Crippen LogP contribution in [0.2, 0.25) is 0 Å². The normalized spacial score (nSPS) is 13.3. The van der Waals surface area contributed by atoms with Gasteiger partial charge in [0.1, 0.15) is 5.82 Å². The Bertz CT molecular complexity index is 393. The van der Waals surface area contributed by atoms with Crippen LogP contribution in [-0.4, -0.2) is 25.5 Å². The number of alkyl halides is 3. The molecular weight excluding hydrogens is 272 g/mol. The van der Waals surface area contributed by atoms with Crippen molar-refractivity contribution in [2.75, 3.05) is 20.6 Å². The van der Waals surface area contributed by atoms with Crippen molar-refractivity contribution in [1.82, 2.24) is 4.90 Å². The molecule has 0 radical (unpaired) electrons. The highest BCUT2D eigenvalue weighted by atomic mass is 35.5. The fourth-order valence-electron chi connectivity index (χ4n) is 1.49. The predicted molar refractivity (Wildman–Crippen MR) is 64.1 cm³/mol. The topological polar surface area (TPSA) is 29.3 Å². The Balaban J connectivity index is 0.00000289. The number of rotatable bonds is 3. The summed E-state index contributed by atoms with van der Waals surface area (Å²) in [6.45, 7) is 0.392. The van der Waals surface area contributed by atoms with Crippen molar-refractivity contribution in [1.29, 1.82) is 0 Å². The van der Waals surface area contributed by atoms with E-state index < -0.39 is 23.6 Å². The van der Waals surface area contributed by atoms with Crippen LogP contribution in [0.15, 0.2) is 18.2 Å². The predicted octanol–water partition coefficient (Wildman–Crippen LogP) is 2.83. The fraction of sp³-hybridized carbons (Fsp3) is 0.455. The molecule has 1 rings (SSSR count). The molecule has 1 aromatic carbocycles. The number of nitrogens with zero attached hydrogens (tertiary/aromatic N) is 1. The summed E-state index contributed by atoms with van der Waals surface area (Å²) in [5.41, 5.74) is 4.72. The van der Waals surface area contributed by atoms with Crippen LogP contribution in [0.5, 0.6) is 0 Å². The first-order valence-electron chi connectivity index (χ1n) is 4.98. The van der Waals surface area contributed by atoms with E-state index in [0.29, 0.717) is 6.54 Å². The molecule has 0 saturated carbocycles. The maximum absolute atomic E-state index is 13.0. The first kappa shape index (κ1) is 17.2. The van der Waals surface area contributed by atoms with Crippen LogP contribution in [0.1, 0.15) is 17.2 Å². The minimum absolute atomic E-state index is 0. The maximum Gasteiger partial charge on any atom is 0.419 e. The van der Waals surface area contributed by atoms with Crippen LogP contribution >= 0.6 is 12.4 Å². The van der Waals surface area contributed by atoms with Crippen LogP contribution in [0, 0.1) is 5.82 Å². The van der Waals surface area contributed by atoms with Gasteiger partial charge in [0, 0.05) is 12.6 Å². The van der Waals surface area contributed by atoms with E-state index in [1.807, 2.05) is 0 Å². The molecule has 1 aromatic rings. The van der Waals surface area contributed by atoms with E-state index in [1.54, 1.807) is 19.0 Å². The number of likely N-dealkylation sites (N-methyl/N-ethyl adjacent to an activating group) is 1. The Labute approximate surface area is 109 Å². The van der Waals surface area contributed by atoms with E-state index in [4.69, 9.17) is 5.73 Å². The molecule has 0 heterocycles. The minimum atomic E-state index is -4.70. The number of hydrogen-bond donors (Lipinski definition) is 1. The summed E-state index contributed by atoms with van der Waals surface area (Å²) in [4.78, 5) is 1.75. The molecule has 1 atom stereocenters. The SMILES string of the molecule is CN(C)C[C@@H](N)c1ccc(F)c(C(F)(F)F)c1.Cl. The van der Waals surface area contributed by atoms with Gasteiger partial charge in [-0.3, -0.25) is 0 Å². The van der Waals surface area contributed by atoms with Crippen molar-refractivity contribution >= 4 is 12.4 Å². The summed E-state index contributed by atoms with van der Waals surface area (Å²) in [5, 5.41) is 0. The fourth-order valence-corrected chi connectivity index (χ4v) is 1.49. The van der Waals surface area contributed by atoms with E-state index >= 15 is 0 Å². The Hall–Kier alpha value is -0.850. The quantitative estimate of drug-likeness (QED) is 0.866. The molecule has 0 saturated heterocycles. The van der Waals surface area contributed by atoms with Crippen LogP contribution in [0.4, 0.5) is 17.6 Å². The summed E-state index contributed by atoms with van der Waals surface area (Å²) in [6.07, 6.45) is -4.70. The van der Waals surface area contributed by atoms with Gasteiger partial charge in [0.2, 0.25) is 0 Å². The van der Waals surface area contributed by atoms with Gasteiger partial charge < -0.3 is 10.6 Å². The lowest BCUT2D eigenvalue weighted by atomic mass is 10.0. The number of hydrogen-bond acceptors (Lipinski definition) is 2. The smallest absolute Gasteiger partial charge is 0.323 e. The van der Waals surface area contributed by atoms with E-state index in [2.05, 4.69) is 0 Å². The summed E-state index contributed by atoms with van der Waals surface area (Å²) >= 11 is 0. The zero-order valence-corrected chi connectivity index (χ0v) is 10.8. The van der Waals surface area contributed by atoms with E-state index in [9.17, 15) is 17.6 Å². The molecule has 2 nitrogen and oxygen atoms in total. The Morgan fingerprint density at radius 1 is 1.28 bits per heavy atom. The van der Waals surface area contributed by atoms with Crippen molar-refractivity contribution in [3.05, 3.63) is 35.1 Å². The third-order valence-corrected chi connectivity index (χ3v) is 2.29. The largest absolute Gasteiger partial charge is 0.419 e. The first-order chi connectivity index (χ1) is 7.71. The average molecular weight is 287 g/mol. The molecule has 0 spiro atoms. The minimum Gasteiger partial charge on any atom is -0.323 e. The van der Waals surface area contributed by atoms with Crippen molar-refractivity contribution in [3.8, 4) is 0 Å². The highest BCUT2D eigenvalue weighted by molar-refractivity contribution is 5.85. The van der Waals surface area contributed by atoms with Gasteiger partial charge in [0.15, 0.2) is 0 Å². The molecule has 0 amide bonds. The number of halogens is 5. The van der Waals surface area contributed by atoms with E-state index in [0.717, 1.165) is 12.1 Å². The van der Waals surface area contributed by atoms with Gasteiger partial charge in [-0.25, -0.2) is 4.39 Å². The Morgan fingerprint density at radius 2 is 1.83 bits per heavy atom. The lowest BCUT2D eigenvalue weighted by molar-refractivity contribution is -0.140. The molecule has 18 heavy (non-hydrogen) atoms. The highest BCUT2D eigenvalue weighted by Gasteiger charge is 2.34. The summed E-state index contributed by atoms with van der Waals surface area (Å²) in [6, 6.07) is 2.27. The van der Waals surface area contributed by atoms with Crippen molar-refractivity contribution in [3.63, 3.8) is 0 Å². The van der Waals surface area contributed by atoms with Crippen LogP contribution < -0.4 is 5.73 Å². The van der Waals surface area contributed by atoms with Gasteiger partial charge in [-0.2, -0.15) is 13.2 Å². The van der Waals surface area contributed by atoms with Crippen molar-refractivity contribution in [2.45, 2.75) is 12.2 Å². The lowest BCUT2D eigenvalue weighted by Crippen LogP contribution is -2.26. The lowest BCUT2D eigenvalue weighted by Gasteiger charge is -2.18. The van der Waals surface area contributed by atoms with Crippen molar-refractivity contribution < 1.29 is 17.6 Å². The maximum atomic E-state index is 13.0. The average Bonchev–Trinajstić information content (AvgIpc) is 2.15. The molecule has 0 fully saturated rings. The Kier molecular flexibility index (Phi) is 6.06. The molecule has 104 valence electrons. The molecule has 7 heteroatoms. The standard InChI is InChI=1S/C11H14F4N2.ClH/c1-17(2)6-10(16)7-3-4-9(12)8(5-7)11(13,14)15;/h3-5,10H,6,16H2,1-2H3;1H/t10-;/m1./s1. The van der Waals surface area contributed by atoms with Gasteiger partial charge in [0.05, 0.1) is 5.56 Å². The second-order valence-electron chi connectivity index (χ2n) is 4.11. The van der Waals surface area contributed by atoms with Gasteiger partial charge in [-0.15, -0.1) is 12.4 Å². The number of benzene rings is 1.